The molecule has 6 nitrogen and oxygen atoms in total. The fraction of sp³-hybridized carbons (Fsp3) is 0.278. The molecule has 2 aromatic rings. The Bertz CT molecular complexity index is 774. The van der Waals surface area contributed by atoms with Crippen LogP contribution in [0.2, 0.25) is 5.02 Å². The highest BCUT2D eigenvalue weighted by Gasteiger charge is 2.28. The summed E-state index contributed by atoms with van der Waals surface area (Å²) in [6.07, 6.45) is 1.30. The summed E-state index contributed by atoms with van der Waals surface area (Å²) in [5.41, 5.74) is 1.33. The van der Waals surface area contributed by atoms with Gasteiger partial charge in [-0.3, -0.25) is 14.9 Å². The second-order valence-corrected chi connectivity index (χ2v) is 6.44. The molecule has 1 amide bonds. The number of nitrogens with one attached hydrogen (secondary N) is 1. The number of nitro groups is 1. The van der Waals surface area contributed by atoms with Gasteiger partial charge in [0.25, 0.3) is 5.69 Å². The molecule has 1 heterocycles. The number of hydrogen-bond donors (Lipinski definition) is 1. The Balaban J connectivity index is 1.64. The van der Waals surface area contributed by atoms with E-state index in [1.54, 1.807) is 12.1 Å². The van der Waals surface area contributed by atoms with Crippen molar-refractivity contribution >= 4 is 34.6 Å². The van der Waals surface area contributed by atoms with Crippen LogP contribution in [0, 0.1) is 16.0 Å². The summed E-state index contributed by atoms with van der Waals surface area (Å²) in [6.45, 7) is 1.19. The van der Waals surface area contributed by atoms with Crippen molar-refractivity contribution in [2.24, 2.45) is 5.92 Å². The van der Waals surface area contributed by atoms with Crippen LogP contribution < -0.4 is 10.2 Å². The average molecular weight is 360 g/mol. The smallest absolute Gasteiger partial charge is 0.294 e. The van der Waals surface area contributed by atoms with Crippen LogP contribution in [0.4, 0.5) is 17.1 Å². The Morgan fingerprint density at radius 2 is 1.84 bits per heavy atom. The Morgan fingerprint density at radius 1 is 1.16 bits per heavy atom. The summed E-state index contributed by atoms with van der Waals surface area (Å²) in [5.74, 6) is -0.0979. The van der Waals surface area contributed by atoms with E-state index in [2.05, 4.69) is 5.32 Å². The molecular formula is C18H18ClN3O3. The molecule has 0 saturated carbocycles. The Hall–Kier alpha value is -2.60. The Kier molecular flexibility index (Phi) is 5.19. The first-order valence-electron chi connectivity index (χ1n) is 8.09. The minimum Gasteiger partial charge on any atom is -0.366 e. The normalized spacial score (nSPS) is 15.0. The van der Waals surface area contributed by atoms with E-state index in [9.17, 15) is 14.9 Å². The zero-order valence-corrected chi connectivity index (χ0v) is 14.3. The fourth-order valence-electron chi connectivity index (χ4n) is 3.06. The van der Waals surface area contributed by atoms with Crippen molar-refractivity contribution in [1.82, 2.24) is 0 Å². The number of halogens is 1. The zero-order valence-electron chi connectivity index (χ0n) is 13.5. The van der Waals surface area contributed by atoms with Crippen molar-refractivity contribution in [3.63, 3.8) is 0 Å². The summed E-state index contributed by atoms with van der Waals surface area (Å²) in [4.78, 5) is 25.1. The van der Waals surface area contributed by atoms with Gasteiger partial charge in [-0.05, 0) is 37.1 Å². The van der Waals surface area contributed by atoms with Crippen LogP contribution >= 0.6 is 11.6 Å². The highest BCUT2D eigenvalue weighted by molar-refractivity contribution is 6.30. The first-order chi connectivity index (χ1) is 12.0. The lowest BCUT2D eigenvalue weighted by molar-refractivity contribution is -0.384. The molecule has 2 aromatic carbocycles. The molecule has 3 rings (SSSR count). The highest BCUT2D eigenvalue weighted by Crippen LogP contribution is 2.33. The lowest BCUT2D eigenvalue weighted by atomic mass is 9.95. The predicted molar refractivity (Wildman–Crippen MR) is 98.1 cm³/mol. The monoisotopic (exact) mass is 359 g/mol. The van der Waals surface area contributed by atoms with Gasteiger partial charge >= 0.3 is 0 Å². The summed E-state index contributed by atoms with van der Waals surface area (Å²) >= 11 is 5.87. The first kappa shape index (κ1) is 17.2. The number of nitro benzene ring substituents is 1. The summed E-state index contributed by atoms with van der Waals surface area (Å²) in [5, 5.41) is 14.5. The molecule has 0 aliphatic carbocycles. The van der Waals surface area contributed by atoms with Crippen LogP contribution in [0.3, 0.4) is 0 Å². The number of rotatable bonds is 4. The molecule has 1 aliphatic rings. The molecule has 1 saturated heterocycles. The molecule has 1 aliphatic heterocycles. The quantitative estimate of drug-likeness (QED) is 0.658. The third-order valence-corrected chi connectivity index (χ3v) is 4.62. The highest BCUT2D eigenvalue weighted by atomic mass is 35.5. The van der Waals surface area contributed by atoms with Gasteiger partial charge in [0.2, 0.25) is 5.91 Å². The maximum absolute atomic E-state index is 12.4. The van der Waals surface area contributed by atoms with Crippen LogP contribution in [0.15, 0.2) is 48.5 Å². The second kappa shape index (κ2) is 7.53. The van der Waals surface area contributed by atoms with E-state index in [4.69, 9.17) is 11.6 Å². The van der Waals surface area contributed by atoms with Crippen molar-refractivity contribution in [2.75, 3.05) is 23.3 Å². The Labute approximate surface area is 150 Å². The van der Waals surface area contributed by atoms with Gasteiger partial charge in [0.15, 0.2) is 0 Å². The van der Waals surface area contributed by atoms with E-state index < -0.39 is 4.92 Å². The topological polar surface area (TPSA) is 75.5 Å². The molecule has 0 unspecified atom stereocenters. The standard InChI is InChI=1S/C18H18ClN3O3/c19-14-6-7-16(17(12-14)22(24)25)21-10-8-13(9-11-21)18(23)20-15-4-2-1-3-5-15/h1-7,12-13H,8-11H2,(H,20,23). The van der Waals surface area contributed by atoms with E-state index >= 15 is 0 Å². The van der Waals surface area contributed by atoms with Crippen molar-refractivity contribution in [1.29, 1.82) is 0 Å². The molecule has 0 radical (unpaired) electrons. The van der Waals surface area contributed by atoms with Crippen molar-refractivity contribution in [3.8, 4) is 0 Å². The van der Waals surface area contributed by atoms with E-state index in [1.165, 1.54) is 6.07 Å². The molecule has 0 bridgehead atoms. The molecule has 1 fully saturated rings. The van der Waals surface area contributed by atoms with Crippen molar-refractivity contribution < 1.29 is 9.72 Å². The van der Waals surface area contributed by atoms with Gasteiger partial charge in [0.05, 0.1) is 4.92 Å². The molecule has 7 heteroatoms. The molecule has 130 valence electrons. The van der Waals surface area contributed by atoms with Crippen LogP contribution in [-0.2, 0) is 4.79 Å². The van der Waals surface area contributed by atoms with E-state index in [0.29, 0.717) is 36.6 Å². The lowest BCUT2D eigenvalue weighted by Crippen LogP contribution is -2.38. The van der Waals surface area contributed by atoms with Crippen LogP contribution in [0.1, 0.15) is 12.8 Å². The molecular weight excluding hydrogens is 342 g/mol. The molecule has 1 N–H and O–H groups in total. The maximum atomic E-state index is 12.4. The van der Waals surface area contributed by atoms with Gasteiger partial charge in [-0.25, -0.2) is 0 Å². The number of hydrogen-bond acceptors (Lipinski definition) is 4. The first-order valence-corrected chi connectivity index (χ1v) is 8.47. The van der Waals surface area contributed by atoms with E-state index in [0.717, 1.165) is 5.69 Å². The largest absolute Gasteiger partial charge is 0.366 e. The van der Waals surface area contributed by atoms with E-state index in [1.807, 2.05) is 35.2 Å². The van der Waals surface area contributed by atoms with Crippen LogP contribution in [-0.4, -0.2) is 23.9 Å². The molecule has 0 spiro atoms. The number of amides is 1. The third-order valence-electron chi connectivity index (χ3n) is 4.38. The number of benzene rings is 2. The van der Waals surface area contributed by atoms with Crippen molar-refractivity contribution in [2.45, 2.75) is 12.8 Å². The number of carbonyl (C=O) groups is 1. The zero-order chi connectivity index (χ0) is 17.8. The van der Waals surface area contributed by atoms with Gasteiger partial charge in [-0.1, -0.05) is 29.8 Å². The minimum absolute atomic E-state index is 0.000290. The van der Waals surface area contributed by atoms with Crippen LogP contribution in [0.25, 0.3) is 0 Å². The SMILES string of the molecule is O=C(Nc1ccccc1)C1CCN(c2ccc(Cl)cc2[N+](=O)[O-])CC1. The van der Waals surface area contributed by atoms with E-state index in [-0.39, 0.29) is 17.5 Å². The number of para-hydroxylation sites is 1. The lowest BCUT2D eigenvalue weighted by Gasteiger charge is -2.32. The maximum Gasteiger partial charge on any atom is 0.294 e. The van der Waals surface area contributed by atoms with Gasteiger partial charge < -0.3 is 10.2 Å². The summed E-state index contributed by atoms with van der Waals surface area (Å²) in [6, 6.07) is 14.0. The molecule has 0 aromatic heterocycles. The summed E-state index contributed by atoms with van der Waals surface area (Å²) in [7, 11) is 0. The Morgan fingerprint density at radius 3 is 2.48 bits per heavy atom. The molecule has 0 atom stereocenters. The van der Waals surface area contributed by atoms with Crippen LogP contribution in [0.5, 0.6) is 0 Å². The fourth-order valence-corrected chi connectivity index (χ4v) is 3.22. The predicted octanol–water partition coefficient (Wildman–Crippen LogP) is 4.10. The minimum atomic E-state index is -0.421. The number of nitrogens with zero attached hydrogens (tertiary/aromatic N) is 2. The van der Waals surface area contributed by atoms with Gasteiger partial charge in [0.1, 0.15) is 5.69 Å². The second-order valence-electron chi connectivity index (χ2n) is 6.01. The number of anilines is 2. The average Bonchev–Trinajstić information content (AvgIpc) is 2.62. The number of carbonyl (C=O) groups excluding carboxylic acids is 1. The van der Waals surface area contributed by atoms with Gasteiger partial charge in [0, 0.05) is 35.8 Å². The summed E-state index contributed by atoms with van der Waals surface area (Å²) < 4.78 is 0. The molecule has 25 heavy (non-hydrogen) atoms. The van der Waals surface area contributed by atoms with Crippen molar-refractivity contribution in [3.05, 3.63) is 63.7 Å². The number of piperidine rings is 1. The third kappa shape index (κ3) is 4.09. The van der Waals surface area contributed by atoms with Gasteiger partial charge in [-0.15, -0.1) is 0 Å². The van der Waals surface area contributed by atoms with Gasteiger partial charge in [-0.2, -0.15) is 0 Å².